The van der Waals surface area contributed by atoms with Crippen molar-refractivity contribution in [2.24, 2.45) is 0 Å². The van der Waals surface area contributed by atoms with Crippen LogP contribution in [0.5, 0.6) is 0 Å². The molecule has 2 rings (SSSR count). The van der Waals surface area contributed by atoms with Crippen LogP contribution in [-0.2, 0) is 4.74 Å². The van der Waals surface area contributed by atoms with E-state index < -0.39 is 17.7 Å². The molecule has 0 bridgehead atoms. The van der Waals surface area contributed by atoms with Crippen LogP contribution in [0.15, 0.2) is 18.2 Å². The fraction of sp³-hybridized carbons (Fsp3) is 0.500. The predicted octanol–water partition coefficient (Wildman–Crippen LogP) is 1.99. The van der Waals surface area contributed by atoms with Gasteiger partial charge in [0.05, 0.1) is 19.3 Å². The molecule has 0 saturated carbocycles. The van der Waals surface area contributed by atoms with Gasteiger partial charge in [-0.15, -0.1) is 0 Å². The molecule has 1 amide bonds. The minimum Gasteiger partial charge on any atom is -0.465 e. The Bertz CT molecular complexity index is 513. The van der Waals surface area contributed by atoms with Crippen LogP contribution < -0.4 is 5.32 Å². The van der Waals surface area contributed by atoms with E-state index in [2.05, 4.69) is 5.32 Å². The van der Waals surface area contributed by atoms with Gasteiger partial charge in [-0.1, -0.05) is 6.07 Å². The van der Waals surface area contributed by atoms with Crippen LogP contribution in [0.1, 0.15) is 18.5 Å². The van der Waals surface area contributed by atoms with Crippen LogP contribution >= 0.6 is 0 Å². The number of halogens is 2. The summed E-state index contributed by atoms with van der Waals surface area (Å²) in [7, 11) is 0. The lowest BCUT2D eigenvalue weighted by atomic mass is 10.0. The Kier molecular flexibility index (Phi) is 5.08. The molecule has 0 spiro atoms. The van der Waals surface area contributed by atoms with E-state index in [1.807, 2.05) is 11.8 Å². The van der Waals surface area contributed by atoms with Gasteiger partial charge in [0.25, 0.3) is 0 Å². The number of rotatable bonds is 4. The van der Waals surface area contributed by atoms with Crippen molar-refractivity contribution < 1.29 is 23.4 Å². The normalized spacial score (nSPS) is 21.0. The first-order chi connectivity index (χ1) is 9.99. The summed E-state index contributed by atoms with van der Waals surface area (Å²) in [6.07, 6.45) is -1.10. The van der Waals surface area contributed by atoms with Crippen molar-refractivity contribution in [1.82, 2.24) is 10.2 Å². The Morgan fingerprint density at radius 3 is 2.95 bits per heavy atom. The Morgan fingerprint density at radius 2 is 2.29 bits per heavy atom. The number of amides is 1. The maximum atomic E-state index is 13.3. The Labute approximate surface area is 121 Å². The van der Waals surface area contributed by atoms with Crippen LogP contribution in [0.4, 0.5) is 13.6 Å². The highest BCUT2D eigenvalue weighted by atomic mass is 19.2. The number of benzene rings is 1. The molecule has 1 aromatic carbocycles. The van der Waals surface area contributed by atoms with Crippen molar-refractivity contribution in [3.63, 3.8) is 0 Å². The van der Waals surface area contributed by atoms with Gasteiger partial charge < -0.3 is 15.2 Å². The Balaban J connectivity index is 2.11. The number of carboxylic acid groups (broad SMARTS) is 1. The van der Waals surface area contributed by atoms with E-state index in [1.54, 1.807) is 6.07 Å². The van der Waals surface area contributed by atoms with E-state index in [9.17, 15) is 13.6 Å². The Hall–Kier alpha value is -1.73. The number of carbonyl (C=O) groups is 1. The molecule has 21 heavy (non-hydrogen) atoms. The number of nitrogens with zero attached hydrogens (tertiary/aromatic N) is 1. The topological polar surface area (TPSA) is 61.8 Å². The molecular weight excluding hydrogens is 282 g/mol. The number of morpholine rings is 1. The molecule has 1 fully saturated rings. The number of hydrogen-bond donors (Lipinski definition) is 2. The van der Waals surface area contributed by atoms with Crippen LogP contribution in [0.25, 0.3) is 0 Å². The molecule has 2 unspecified atom stereocenters. The maximum Gasteiger partial charge on any atom is 0.404 e. The first-order valence-electron chi connectivity index (χ1n) is 6.74. The zero-order valence-electron chi connectivity index (χ0n) is 11.7. The van der Waals surface area contributed by atoms with Crippen molar-refractivity contribution >= 4 is 6.09 Å². The monoisotopic (exact) mass is 300 g/mol. The average Bonchev–Trinajstić information content (AvgIpc) is 2.47. The predicted molar refractivity (Wildman–Crippen MR) is 72.1 cm³/mol. The van der Waals surface area contributed by atoms with E-state index >= 15 is 0 Å². The van der Waals surface area contributed by atoms with Gasteiger partial charge in [0.2, 0.25) is 0 Å². The van der Waals surface area contributed by atoms with Crippen molar-refractivity contribution in [3.05, 3.63) is 35.4 Å². The smallest absolute Gasteiger partial charge is 0.404 e. The lowest BCUT2D eigenvalue weighted by Gasteiger charge is -2.39. The fourth-order valence-corrected chi connectivity index (χ4v) is 2.52. The molecule has 7 heteroatoms. The summed E-state index contributed by atoms with van der Waals surface area (Å²) in [5.41, 5.74) is 0.649. The maximum absolute atomic E-state index is 13.3. The summed E-state index contributed by atoms with van der Waals surface area (Å²) in [6.45, 7) is 3.63. The molecule has 1 heterocycles. The fourth-order valence-electron chi connectivity index (χ4n) is 2.52. The van der Waals surface area contributed by atoms with Gasteiger partial charge in [-0.2, -0.15) is 0 Å². The van der Waals surface area contributed by atoms with Crippen molar-refractivity contribution in [1.29, 1.82) is 0 Å². The van der Waals surface area contributed by atoms with Gasteiger partial charge in [-0.3, -0.25) is 4.90 Å². The molecule has 2 N–H and O–H groups in total. The molecule has 5 nitrogen and oxygen atoms in total. The van der Waals surface area contributed by atoms with E-state index in [4.69, 9.17) is 9.84 Å². The standard InChI is InChI=1S/C14H18F2N2O3/c1-9(10-2-3-12(15)13(16)6-10)18-4-5-21-8-11(18)7-17-14(19)20/h2-3,6,9,11,17H,4-5,7-8H2,1H3,(H,19,20). The molecule has 1 saturated heterocycles. The summed E-state index contributed by atoms with van der Waals surface area (Å²) in [4.78, 5) is 12.6. The lowest BCUT2D eigenvalue weighted by molar-refractivity contribution is -0.0250. The minimum atomic E-state index is -1.10. The molecule has 0 radical (unpaired) electrons. The molecule has 2 atom stereocenters. The third kappa shape index (κ3) is 3.89. The molecule has 116 valence electrons. The molecular formula is C14H18F2N2O3. The third-order valence-electron chi connectivity index (χ3n) is 3.69. The molecule has 1 aliphatic heterocycles. The largest absolute Gasteiger partial charge is 0.465 e. The van der Waals surface area contributed by atoms with Crippen LogP contribution in [0.2, 0.25) is 0 Å². The van der Waals surface area contributed by atoms with Gasteiger partial charge in [-0.25, -0.2) is 13.6 Å². The highest BCUT2D eigenvalue weighted by Crippen LogP contribution is 2.25. The van der Waals surface area contributed by atoms with Crippen LogP contribution in [-0.4, -0.2) is 48.4 Å². The Morgan fingerprint density at radius 1 is 1.52 bits per heavy atom. The summed E-state index contributed by atoms with van der Waals surface area (Å²) < 4.78 is 31.7. The van der Waals surface area contributed by atoms with Crippen molar-refractivity contribution in [3.8, 4) is 0 Å². The molecule has 1 aliphatic rings. The first-order valence-corrected chi connectivity index (χ1v) is 6.74. The number of ether oxygens (including phenoxy) is 1. The van der Waals surface area contributed by atoms with E-state index in [0.29, 0.717) is 25.3 Å². The summed E-state index contributed by atoms with van der Waals surface area (Å²) in [6, 6.07) is 3.52. The quantitative estimate of drug-likeness (QED) is 0.893. The second kappa shape index (κ2) is 6.82. The van der Waals surface area contributed by atoms with Gasteiger partial charge in [-0.05, 0) is 24.6 Å². The first kappa shape index (κ1) is 15.7. The summed E-state index contributed by atoms with van der Waals surface area (Å²) >= 11 is 0. The highest BCUT2D eigenvalue weighted by Gasteiger charge is 2.28. The van der Waals surface area contributed by atoms with Gasteiger partial charge in [0, 0.05) is 19.1 Å². The summed E-state index contributed by atoms with van der Waals surface area (Å²) in [5, 5.41) is 11.0. The van der Waals surface area contributed by atoms with Crippen molar-refractivity contribution in [2.75, 3.05) is 26.3 Å². The second-order valence-electron chi connectivity index (χ2n) is 5.00. The van der Waals surface area contributed by atoms with E-state index in [1.165, 1.54) is 6.07 Å². The van der Waals surface area contributed by atoms with Gasteiger partial charge >= 0.3 is 6.09 Å². The lowest BCUT2D eigenvalue weighted by Crippen LogP contribution is -2.51. The highest BCUT2D eigenvalue weighted by molar-refractivity contribution is 5.64. The SMILES string of the molecule is CC(c1ccc(F)c(F)c1)N1CCOCC1CNC(=O)O. The van der Waals surface area contributed by atoms with Crippen LogP contribution in [0.3, 0.4) is 0 Å². The number of hydrogen-bond acceptors (Lipinski definition) is 3. The van der Waals surface area contributed by atoms with Crippen molar-refractivity contribution in [2.45, 2.75) is 19.0 Å². The van der Waals surface area contributed by atoms with Gasteiger partial charge in [0.15, 0.2) is 11.6 Å². The molecule has 0 aromatic heterocycles. The van der Waals surface area contributed by atoms with E-state index in [0.717, 1.165) is 6.07 Å². The zero-order chi connectivity index (χ0) is 15.4. The van der Waals surface area contributed by atoms with E-state index in [-0.39, 0.29) is 18.6 Å². The van der Waals surface area contributed by atoms with Crippen LogP contribution in [0, 0.1) is 11.6 Å². The second-order valence-corrected chi connectivity index (χ2v) is 5.00. The van der Waals surface area contributed by atoms with Gasteiger partial charge in [0.1, 0.15) is 0 Å². The third-order valence-corrected chi connectivity index (χ3v) is 3.69. The minimum absolute atomic E-state index is 0.141. The zero-order valence-corrected chi connectivity index (χ0v) is 11.7. The summed E-state index contributed by atoms with van der Waals surface area (Å²) in [5.74, 6) is -1.76. The number of nitrogens with one attached hydrogen (secondary N) is 1. The average molecular weight is 300 g/mol. The molecule has 1 aromatic rings. The molecule has 0 aliphatic carbocycles.